The molecule has 2 aliphatic rings. The van der Waals surface area contributed by atoms with Crippen molar-refractivity contribution >= 4 is 0 Å². The van der Waals surface area contributed by atoms with Crippen LogP contribution < -0.4 is 5.32 Å². The van der Waals surface area contributed by atoms with Gasteiger partial charge in [0.25, 0.3) is 0 Å². The van der Waals surface area contributed by atoms with Crippen LogP contribution in [-0.2, 0) is 0 Å². The number of hydrogen-bond donors (Lipinski definition) is 1. The first-order valence-corrected chi connectivity index (χ1v) is 8.16. The van der Waals surface area contributed by atoms with Gasteiger partial charge >= 0.3 is 0 Å². The lowest BCUT2D eigenvalue weighted by atomic mass is 9.56. The van der Waals surface area contributed by atoms with Crippen molar-refractivity contribution in [1.29, 1.82) is 0 Å². The van der Waals surface area contributed by atoms with Gasteiger partial charge < -0.3 is 5.32 Å². The lowest BCUT2D eigenvalue weighted by Gasteiger charge is -2.51. The zero-order valence-corrected chi connectivity index (χ0v) is 13.3. The largest absolute Gasteiger partial charge is 0.311 e. The quantitative estimate of drug-likeness (QED) is 0.770. The van der Waals surface area contributed by atoms with Gasteiger partial charge in [0.05, 0.1) is 0 Å². The third-order valence-electron chi connectivity index (χ3n) is 6.78. The molecule has 18 heavy (non-hydrogen) atoms. The molecule has 1 heterocycles. The van der Waals surface area contributed by atoms with Gasteiger partial charge in [0.1, 0.15) is 0 Å². The molecule has 1 aliphatic heterocycles. The Morgan fingerprint density at radius 2 is 1.89 bits per heavy atom. The Kier molecular flexibility index (Phi) is 4.11. The highest BCUT2D eigenvalue weighted by molar-refractivity contribution is 5.03. The molecule has 0 radical (unpaired) electrons. The maximum atomic E-state index is 3.93. The summed E-state index contributed by atoms with van der Waals surface area (Å²) < 4.78 is 0. The van der Waals surface area contributed by atoms with Crippen LogP contribution in [0.4, 0.5) is 0 Å². The van der Waals surface area contributed by atoms with Gasteiger partial charge in [0, 0.05) is 5.54 Å². The van der Waals surface area contributed by atoms with Crippen LogP contribution in [0, 0.1) is 35.5 Å². The molecule has 0 aromatic heterocycles. The Balaban J connectivity index is 2.34. The molecule has 1 aliphatic carbocycles. The molecule has 2 fully saturated rings. The predicted octanol–water partition coefficient (Wildman–Crippen LogP) is 4.33. The highest BCUT2D eigenvalue weighted by atomic mass is 15.0. The van der Waals surface area contributed by atoms with E-state index < -0.39 is 0 Å². The average Bonchev–Trinajstić information content (AvgIpc) is 2.48. The lowest BCUT2D eigenvalue weighted by molar-refractivity contribution is 0.00410. The van der Waals surface area contributed by atoms with Gasteiger partial charge in [-0.15, -0.1) is 0 Å². The van der Waals surface area contributed by atoms with Crippen molar-refractivity contribution in [2.45, 2.75) is 66.3 Å². The van der Waals surface area contributed by atoms with Crippen LogP contribution in [0.25, 0.3) is 0 Å². The molecule has 2 bridgehead atoms. The second-order valence-corrected chi connectivity index (χ2v) is 7.55. The van der Waals surface area contributed by atoms with Crippen LogP contribution in [0.15, 0.2) is 0 Å². The van der Waals surface area contributed by atoms with Crippen LogP contribution in [0.5, 0.6) is 0 Å². The summed E-state index contributed by atoms with van der Waals surface area (Å²) in [6, 6.07) is 0. The fourth-order valence-electron chi connectivity index (χ4n) is 4.92. The van der Waals surface area contributed by atoms with Crippen molar-refractivity contribution in [3.8, 4) is 0 Å². The van der Waals surface area contributed by atoms with E-state index in [9.17, 15) is 0 Å². The molecular formula is C17H33N. The molecule has 6 atom stereocenters. The van der Waals surface area contributed by atoms with E-state index in [0.717, 1.165) is 35.5 Å². The molecule has 1 saturated heterocycles. The van der Waals surface area contributed by atoms with Crippen LogP contribution in [0.3, 0.4) is 0 Å². The number of nitrogens with one attached hydrogen (secondary N) is 1. The fraction of sp³-hybridized carbons (Fsp3) is 1.00. The highest BCUT2D eigenvalue weighted by Gasteiger charge is 2.49. The van der Waals surface area contributed by atoms with Gasteiger partial charge in [0.2, 0.25) is 0 Å². The van der Waals surface area contributed by atoms with E-state index in [1.165, 1.54) is 25.8 Å². The highest BCUT2D eigenvalue weighted by Crippen LogP contribution is 2.51. The van der Waals surface area contributed by atoms with E-state index in [2.05, 4.69) is 46.9 Å². The topological polar surface area (TPSA) is 12.0 Å². The standard InChI is InChI=1S/C17H33N/c1-7-15-13(5)12(4)14-8-9-18-17(6,11(2)3)16(15)10-14/h11-16,18H,7-10H2,1-6H3. The summed E-state index contributed by atoms with van der Waals surface area (Å²) in [5.41, 5.74) is 0.351. The van der Waals surface area contributed by atoms with E-state index in [0.29, 0.717) is 5.54 Å². The monoisotopic (exact) mass is 251 g/mol. The summed E-state index contributed by atoms with van der Waals surface area (Å²) in [4.78, 5) is 0. The summed E-state index contributed by atoms with van der Waals surface area (Å²) >= 11 is 0. The van der Waals surface area contributed by atoms with E-state index in [1.807, 2.05) is 0 Å². The Hall–Kier alpha value is -0.0400. The van der Waals surface area contributed by atoms with Gasteiger partial charge in [-0.25, -0.2) is 0 Å². The van der Waals surface area contributed by atoms with Crippen LogP contribution >= 0.6 is 0 Å². The first-order valence-electron chi connectivity index (χ1n) is 8.16. The molecule has 1 heteroatoms. The smallest absolute Gasteiger partial charge is 0.0207 e. The molecule has 0 aromatic rings. The minimum atomic E-state index is 0.351. The summed E-state index contributed by atoms with van der Waals surface area (Å²) in [5, 5.41) is 3.93. The average molecular weight is 251 g/mol. The number of rotatable bonds is 2. The third-order valence-corrected chi connectivity index (χ3v) is 6.78. The predicted molar refractivity (Wildman–Crippen MR) is 79.6 cm³/mol. The van der Waals surface area contributed by atoms with E-state index >= 15 is 0 Å². The van der Waals surface area contributed by atoms with E-state index in [-0.39, 0.29) is 0 Å². The van der Waals surface area contributed by atoms with E-state index in [1.54, 1.807) is 0 Å². The molecule has 2 rings (SSSR count). The molecule has 1 nitrogen and oxygen atoms in total. The molecule has 0 amide bonds. The maximum absolute atomic E-state index is 3.93. The minimum Gasteiger partial charge on any atom is -0.311 e. The van der Waals surface area contributed by atoms with Crippen LogP contribution in [0.2, 0.25) is 0 Å². The van der Waals surface area contributed by atoms with Gasteiger partial charge in [-0.1, -0.05) is 41.0 Å². The van der Waals surface area contributed by atoms with Crippen LogP contribution in [-0.4, -0.2) is 12.1 Å². The Bertz CT molecular complexity index is 285. The molecule has 1 N–H and O–H groups in total. The van der Waals surface area contributed by atoms with Crippen molar-refractivity contribution in [3.05, 3.63) is 0 Å². The van der Waals surface area contributed by atoms with Gasteiger partial charge in [-0.05, 0) is 61.8 Å². The summed E-state index contributed by atoms with van der Waals surface area (Å²) in [6.07, 6.45) is 4.21. The van der Waals surface area contributed by atoms with Crippen molar-refractivity contribution in [2.75, 3.05) is 6.54 Å². The van der Waals surface area contributed by atoms with Crippen molar-refractivity contribution in [3.63, 3.8) is 0 Å². The fourth-order valence-corrected chi connectivity index (χ4v) is 4.92. The molecular weight excluding hydrogens is 218 g/mol. The molecule has 1 saturated carbocycles. The maximum Gasteiger partial charge on any atom is 0.0207 e. The normalized spacial score (nSPS) is 49.2. The first kappa shape index (κ1) is 14.4. The summed E-state index contributed by atoms with van der Waals surface area (Å²) in [6.45, 7) is 16.0. The SMILES string of the molecule is CCC1C(C)C(C)C2CCNC(C)(C(C)C)C1C2. The van der Waals surface area contributed by atoms with Gasteiger partial charge in [-0.2, -0.15) is 0 Å². The Morgan fingerprint density at radius 1 is 1.22 bits per heavy atom. The second kappa shape index (κ2) is 5.15. The zero-order valence-electron chi connectivity index (χ0n) is 13.3. The number of fused-ring (bicyclic) bond motifs is 2. The Labute approximate surface area is 114 Å². The minimum absolute atomic E-state index is 0.351. The summed E-state index contributed by atoms with van der Waals surface area (Å²) in [7, 11) is 0. The zero-order chi connectivity index (χ0) is 13.5. The van der Waals surface area contributed by atoms with Crippen LogP contribution in [0.1, 0.15) is 60.8 Å². The van der Waals surface area contributed by atoms with Gasteiger partial charge in [-0.3, -0.25) is 0 Å². The molecule has 106 valence electrons. The van der Waals surface area contributed by atoms with Gasteiger partial charge in [0.15, 0.2) is 0 Å². The lowest BCUT2D eigenvalue weighted by Crippen LogP contribution is -2.56. The number of hydrogen-bond acceptors (Lipinski definition) is 1. The molecule has 0 spiro atoms. The van der Waals surface area contributed by atoms with Crippen molar-refractivity contribution < 1.29 is 0 Å². The van der Waals surface area contributed by atoms with Crippen molar-refractivity contribution in [2.24, 2.45) is 35.5 Å². The third kappa shape index (κ3) is 2.13. The molecule has 0 aromatic carbocycles. The second-order valence-electron chi connectivity index (χ2n) is 7.55. The van der Waals surface area contributed by atoms with Crippen molar-refractivity contribution in [1.82, 2.24) is 5.32 Å². The first-order chi connectivity index (χ1) is 8.41. The molecule has 6 unspecified atom stereocenters. The Morgan fingerprint density at radius 3 is 2.44 bits per heavy atom. The van der Waals surface area contributed by atoms with E-state index in [4.69, 9.17) is 0 Å². The summed E-state index contributed by atoms with van der Waals surface area (Å²) in [5.74, 6) is 5.30.